The molecular formula is C23H31Cl2N3O5. The van der Waals surface area contributed by atoms with Crippen LogP contribution in [0.1, 0.15) is 32.1 Å². The van der Waals surface area contributed by atoms with Gasteiger partial charge in [0, 0.05) is 45.2 Å². The number of β-amino-alcohol motifs (C(OH)–C–C–N with tert-alkyl or cyclic N) is 1. The molecular weight excluding hydrogens is 469 g/mol. The number of piperidine rings is 1. The van der Waals surface area contributed by atoms with Crippen molar-refractivity contribution in [2.75, 3.05) is 45.9 Å². The van der Waals surface area contributed by atoms with Crippen molar-refractivity contribution in [1.29, 1.82) is 0 Å². The summed E-state index contributed by atoms with van der Waals surface area (Å²) in [5.41, 5.74) is 0.156. The molecule has 2 heterocycles. The maximum absolute atomic E-state index is 12.8. The van der Waals surface area contributed by atoms with E-state index in [0.29, 0.717) is 42.6 Å². The van der Waals surface area contributed by atoms with E-state index in [1.165, 1.54) is 11.0 Å². The first-order valence-electron chi connectivity index (χ1n) is 11.5. The topological polar surface area (TPSA) is 93.5 Å². The van der Waals surface area contributed by atoms with E-state index in [1.807, 2.05) is 0 Å². The molecule has 2 aliphatic heterocycles. The van der Waals surface area contributed by atoms with Gasteiger partial charge in [-0.2, -0.15) is 0 Å². The predicted octanol–water partition coefficient (Wildman–Crippen LogP) is 2.62. The molecule has 182 valence electrons. The van der Waals surface area contributed by atoms with Crippen molar-refractivity contribution < 1.29 is 24.5 Å². The van der Waals surface area contributed by atoms with Gasteiger partial charge in [0.15, 0.2) is 0 Å². The van der Waals surface area contributed by atoms with E-state index < -0.39 is 6.09 Å². The third-order valence-corrected chi connectivity index (χ3v) is 8.01. The normalized spacial score (nSPS) is 24.0. The summed E-state index contributed by atoms with van der Waals surface area (Å²) < 4.78 is 5.40. The van der Waals surface area contributed by atoms with Crippen molar-refractivity contribution in [3.63, 3.8) is 0 Å². The standard InChI is InChI=1S/C23H31Cl2N3O5/c24-18-2-1-17(13-19(18)25)33-22(32)27-9-4-21(31)28(12-11-27)16(15-29)3-8-26-10-7-23(5-6-23)20(30)14-26/h1-2,13,16,20,29-30H,3-12,14-15H2/t16?,20-/m1/s1. The summed E-state index contributed by atoms with van der Waals surface area (Å²) in [6, 6.07) is 4.27. The highest BCUT2D eigenvalue weighted by atomic mass is 35.5. The Morgan fingerprint density at radius 2 is 1.94 bits per heavy atom. The Morgan fingerprint density at radius 1 is 1.15 bits per heavy atom. The van der Waals surface area contributed by atoms with Gasteiger partial charge in [-0.1, -0.05) is 23.2 Å². The Bertz CT molecular complexity index is 882. The maximum Gasteiger partial charge on any atom is 0.415 e. The molecule has 1 aliphatic carbocycles. The van der Waals surface area contributed by atoms with Crippen LogP contribution in [0.5, 0.6) is 5.75 Å². The maximum atomic E-state index is 12.8. The number of benzene rings is 1. The van der Waals surface area contributed by atoms with E-state index >= 15 is 0 Å². The SMILES string of the molecule is O=C(Oc1ccc(Cl)c(Cl)c1)N1CCC(=O)N(C(CO)CCN2CCC3(CC3)[C@H](O)C2)CC1. The Hall–Kier alpha value is -1.58. The third-order valence-electron chi connectivity index (χ3n) is 7.27. The van der Waals surface area contributed by atoms with Crippen LogP contribution in [0, 0.1) is 5.41 Å². The van der Waals surface area contributed by atoms with Gasteiger partial charge in [0.25, 0.3) is 0 Å². The summed E-state index contributed by atoms with van der Waals surface area (Å²) in [5.74, 6) is 0.196. The molecule has 0 aromatic heterocycles. The second kappa shape index (κ2) is 10.4. The molecule has 33 heavy (non-hydrogen) atoms. The van der Waals surface area contributed by atoms with E-state index in [-0.39, 0.29) is 48.8 Å². The minimum Gasteiger partial charge on any atom is -0.410 e. The van der Waals surface area contributed by atoms with Crippen LogP contribution >= 0.6 is 23.2 Å². The molecule has 2 atom stereocenters. The molecule has 2 amide bonds. The van der Waals surface area contributed by atoms with Gasteiger partial charge < -0.3 is 29.6 Å². The number of hydrogen-bond acceptors (Lipinski definition) is 6. The number of nitrogens with zero attached hydrogens (tertiary/aromatic N) is 3. The zero-order chi connectivity index (χ0) is 23.6. The van der Waals surface area contributed by atoms with Gasteiger partial charge in [-0.25, -0.2) is 4.79 Å². The number of carbonyl (C=O) groups is 2. The first kappa shape index (κ1) is 24.5. The van der Waals surface area contributed by atoms with Crippen LogP contribution < -0.4 is 4.74 Å². The van der Waals surface area contributed by atoms with Gasteiger partial charge in [0.05, 0.1) is 28.8 Å². The molecule has 3 fully saturated rings. The average Bonchev–Trinajstić information content (AvgIpc) is 3.59. The number of carbonyl (C=O) groups excluding carboxylic acids is 2. The summed E-state index contributed by atoms with van der Waals surface area (Å²) >= 11 is 11.9. The van der Waals surface area contributed by atoms with Crippen molar-refractivity contribution in [1.82, 2.24) is 14.7 Å². The van der Waals surface area contributed by atoms with Crippen LogP contribution in [-0.2, 0) is 4.79 Å². The second-order valence-corrected chi connectivity index (χ2v) is 10.1. The molecule has 1 aromatic rings. The third kappa shape index (κ3) is 5.74. The van der Waals surface area contributed by atoms with E-state index in [9.17, 15) is 19.8 Å². The van der Waals surface area contributed by atoms with E-state index in [4.69, 9.17) is 27.9 Å². The van der Waals surface area contributed by atoms with Crippen LogP contribution in [0.2, 0.25) is 10.0 Å². The number of aliphatic hydroxyl groups excluding tert-OH is 2. The summed E-state index contributed by atoms with van der Waals surface area (Å²) in [6.07, 6.45) is 3.19. The Morgan fingerprint density at radius 3 is 2.61 bits per heavy atom. The first-order chi connectivity index (χ1) is 15.8. The van der Waals surface area contributed by atoms with Crippen LogP contribution in [0.25, 0.3) is 0 Å². The predicted molar refractivity (Wildman–Crippen MR) is 125 cm³/mol. The molecule has 0 radical (unpaired) electrons. The largest absolute Gasteiger partial charge is 0.415 e. The number of halogens is 2. The van der Waals surface area contributed by atoms with E-state index in [0.717, 1.165) is 25.8 Å². The molecule has 1 aromatic carbocycles. The highest BCUT2D eigenvalue weighted by Crippen LogP contribution is 2.53. The molecule has 4 rings (SSSR count). The van der Waals surface area contributed by atoms with Gasteiger partial charge in [0.2, 0.25) is 5.91 Å². The molecule has 2 N–H and O–H groups in total. The van der Waals surface area contributed by atoms with Crippen molar-refractivity contribution >= 4 is 35.2 Å². The Kier molecular flexibility index (Phi) is 7.70. The number of rotatable bonds is 6. The quantitative estimate of drug-likeness (QED) is 0.624. The van der Waals surface area contributed by atoms with Crippen LogP contribution in [-0.4, -0.2) is 94.9 Å². The number of amides is 2. The lowest BCUT2D eigenvalue weighted by Gasteiger charge is -2.38. The fraction of sp³-hybridized carbons (Fsp3) is 0.652. The number of aliphatic hydroxyl groups is 2. The lowest BCUT2D eigenvalue weighted by molar-refractivity contribution is -0.133. The fourth-order valence-corrected chi connectivity index (χ4v) is 5.10. The molecule has 3 aliphatic rings. The van der Waals surface area contributed by atoms with Gasteiger partial charge >= 0.3 is 6.09 Å². The molecule has 8 nitrogen and oxygen atoms in total. The molecule has 1 unspecified atom stereocenters. The summed E-state index contributed by atoms with van der Waals surface area (Å²) in [7, 11) is 0. The van der Waals surface area contributed by atoms with Crippen LogP contribution in [0.3, 0.4) is 0 Å². The molecule has 2 saturated heterocycles. The van der Waals surface area contributed by atoms with E-state index in [1.54, 1.807) is 17.0 Å². The molecule has 10 heteroatoms. The van der Waals surface area contributed by atoms with Crippen molar-refractivity contribution in [3.05, 3.63) is 28.2 Å². The smallest absolute Gasteiger partial charge is 0.410 e. The van der Waals surface area contributed by atoms with Crippen molar-refractivity contribution in [2.45, 2.75) is 44.2 Å². The minimum atomic E-state index is -0.556. The zero-order valence-electron chi connectivity index (χ0n) is 18.6. The second-order valence-electron chi connectivity index (χ2n) is 9.32. The van der Waals surface area contributed by atoms with Gasteiger partial charge in [-0.15, -0.1) is 0 Å². The Labute approximate surface area is 204 Å². The highest BCUT2D eigenvalue weighted by Gasteiger charge is 2.51. The summed E-state index contributed by atoms with van der Waals surface area (Å²) in [4.78, 5) is 30.8. The lowest BCUT2D eigenvalue weighted by atomic mass is 9.90. The molecule has 0 bridgehead atoms. The monoisotopic (exact) mass is 499 g/mol. The summed E-state index contributed by atoms with van der Waals surface area (Å²) in [5, 5.41) is 21.1. The minimum absolute atomic E-state index is 0.0884. The fourth-order valence-electron chi connectivity index (χ4n) is 4.81. The molecule has 1 saturated carbocycles. The van der Waals surface area contributed by atoms with Crippen LogP contribution in [0.4, 0.5) is 4.79 Å². The van der Waals surface area contributed by atoms with Crippen molar-refractivity contribution in [3.8, 4) is 5.75 Å². The van der Waals surface area contributed by atoms with Crippen LogP contribution in [0.15, 0.2) is 18.2 Å². The zero-order valence-corrected chi connectivity index (χ0v) is 20.1. The van der Waals surface area contributed by atoms with Crippen molar-refractivity contribution in [2.24, 2.45) is 5.41 Å². The number of hydrogen-bond donors (Lipinski definition) is 2. The van der Waals surface area contributed by atoms with E-state index in [2.05, 4.69) is 4.90 Å². The number of ether oxygens (including phenoxy) is 1. The summed E-state index contributed by atoms with van der Waals surface area (Å²) in [6.45, 7) is 3.05. The van der Waals surface area contributed by atoms with Gasteiger partial charge in [-0.3, -0.25) is 4.79 Å². The average molecular weight is 500 g/mol. The first-order valence-corrected chi connectivity index (χ1v) is 12.3. The van der Waals surface area contributed by atoms with Gasteiger partial charge in [-0.05, 0) is 49.8 Å². The number of likely N-dealkylation sites (tertiary alicyclic amines) is 1. The lowest BCUT2D eigenvalue weighted by Crippen LogP contribution is -2.48. The molecule has 1 spiro atoms. The van der Waals surface area contributed by atoms with Gasteiger partial charge in [0.1, 0.15) is 5.75 Å². The Balaban J connectivity index is 1.29. The highest BCUT2D eigenvalue weighted by molar-refractivity contribution is 6.42.